The highest BCUT2D eigenvalue weighted by atomic mass is 16.2. The van der Waals surface area contributed by atoms with Crippen molar-refractivity contribution in [3.8, 4) is 16.9 Å². The molecule has 33 heavy (non-hydrogen) atoms. The number of carbonyl (C=O) groups excluding carboxylic acids is 1. The van der Waals surface area contributed by atoms with Crippen molar-refractivity contribution < 1.29 is 4.79 Å². The number of carbonyl (C=O) groups is 1. The normalized spacial score (nSPS) is 10.8. The van der Waals surface area contributed by atoms with Crippen molar-refractivity contribution in [1.29, 1.82) is 0 Å². The Kier molecular flexibility index (Phi) is 5.81. The number of nitrogens with one attached hydrogen (secondary N) is 1. The molecule has 160 valence electrons. The third-order valence-electron chi connectivity index (χ3n) is 5.56. The highest BCUT2D eigenvalue weighted by molar-refractivity contribution is 5.98. The first-order valence-corrected chi connectivity index (χ1v) is 10.9. The zero-order valence-electron chi connectivity index (χ0n) is 18.0. The van der Waals surface area contributed by atoms with Crippen LogP contribution in [-0.2, 0) is 4.79 Å². The van der Waals surface area contributed by atoms with Gasteiger partial charge in [-0.3, -0.25) is 4.79 Å². The predicted octanol–water partition coefficient (Wildman–Crippen LogP) is 6.31. The van der Waals surface area contributed by atoms with Gasteiger partial charge in [0.2, 0.25) is 5.91 Å². The highest BCUT2D eigenvalue weighted by Gasteiger charge is 2.24. The maximum Gasteiger partial charge on any atom is 0.237 e. The molecule has 1 amide bonds. The summed E-state index contributed by atoms with van der Waals surface area (Å²) in [5.74, 6) is 0.0812. The molecule has 0 spiro atoms. The number of hydrogen-bond acceptors (Lipinski definition) is 2. The lowest BCUT2D eigenvalue weighted by molar-refractivity contribution is -0.116. The molecule has 0 radical (unpaired) electrons. The van der Waals surface area contributed by atoms with Crippen LogP contribution in [0.4, 0.5) is 5.82 Å². The largest absolute Gasteiger partial charge is 0.310 e. The van der Waals surface area contributed by atoms with E-state index in [1.165, 1.54) is 0 Å². The minimum atomic E-state index is -0.438. The standard InChI is InChI=1S/C29H23N3O/c33-29(28(23-15-7-2-8-16-23)24-17-9-3-10-18-24)30-27-21-26(22-13-5-1-6-14-22)31-32(27)25-19-11-4-12-20-25/h1-21,28H,(H,30,33). The number of aromatic nitrogens is 2. The summed E-state index contributed by atoms with van der Waals surface area (Å²) in [6.45, 7) is 0. The quantitative estimate of drug-likeness (QED) is 0.344. The lowest BCUT2D eigenvalue weighted by Crippen LogP contribution is -2.23. The van der Waals surface area contributed by atoms with E-state index in [0.29, 0.717) is 5.82 Å². The van der Waals surface area contributed by atoms with Crippen LogP contribution in [-0.4, -0.2) is 15.7 Å². The number of amides is 1. The van der Waals surface area contributed by atoms with E-state index < -0.39 is 5.92 Å². The van der Waals surface area contributed by atoms with Crippen LogP contribution >= 0.6 is 0 Å². The fourth-order valence-electron chi connectivity index (χ4n) is 3.97. The Labute approximate surface area is 193 Å². The molecule has 0 unspecified atom stereocenters. The van der Waals surface area contributed by atoms with Crippen molar-refractivity contribution in [3.05, 3.63) is 139 Å². The number of para-hydroxylation sites is 1. The molecule has 5 rings (SSSR count). The van der Waals surface area contributed by atoms with Gasteiger partial charge in [0.25, 0.3) is 0 Å². The van der Waals surface area contributed by atoms with Crippen LogP contribution in [0.25, 0.3) is 16.9 Å². The van der Waals surface area contributed by atoms with E-state index in [4.69, 9.17) is 5.10 Å². The van der Waals surface area contributed by atoms with Crippen molar-refractivity contribution >= 4 is 11.7 Å². The van der Waals surface area contributed by atoms with Crippen LogP contribution in [0.1, 0.15) is 17.0 Å². The van der Waals surface area contributed by atoms with Gasteiger partial charge in [0, 0.05) is 11.6 Å². The van der Waals surface area contributed by atoms with Gasteiger partial charge in [0.05, 0.1) is 17.3 Å². The average Bonchev–Trinajstić information content (AvgIpc) is 3.30. The van der Waals surface area contributed by atoms with Gasteiger partial charge in [-0.15, -0.1) is 0 Å². The number of benzene rings is 4. The first kappa shape index (κ1) is 20.5. The fourth-order valence-corrected chi connectivity index (χ4v) is 3.97. The van der Waals surface area contributed by atoms with Gasteiger partial charge in [0.1, 0.15) is 5.82 Å². The Morgan fingerprint density at radius 2 is 1.15 bits per heavy atom. The second kappa shape index (κ2) is 9.37. The number of anilines is 1. The monoisotopic (exact) mass is 429 g/mol. The van der Waals surface area contributed by atoms with Gasteiger partial charge in [-0.2, -0.15) is 5.10 Å². The van der Waals surface area contributed by atoms with E-state index in [-0.39, 0.29) is 5.91 Å². The fraction of sp³-hybridized carbons (Fsp3) is 0.0345. The van der Waals surface area contributed by atoms with Crippen molar-refractivity contribution in [2.75, 3.05) is 5.32 Å². The number of rotatable bonds is 6. The Morgan fingerprint density at radius 3 is 1.70 bits per heavy atom. The van der Waals surface area contributed by atoms with E-state index in [0.717, 1.165) is 28.1 Å². The summed E-state index contributed by atoms with van der Waals surface area (Å²) in [5, 5.41) is 7.97. The van der Waals surface area contributed by atoms with Crippen LogP contribution in [0.15, 0.2) is 127 Å². The smallest absolute Gasteiger partial charge is 0.237 e. The molecular weight excluding hydrogens is 406 g/mol. The minimum absolute atomic E-state index is 0.107. The van der Waals surface area contributed by atoms with E-state index in [1.807, 2.05) is 127 Å². The second-order valence-corrected chi connectivity index (χ2v) is 7.77. The van der Waals surface area contributed by atoms with Crippen LogP contribution in [0.3, 0.4) is 0 Å². The molecule has 1 aromatic heterocycles. The SMILES string of the molecule is O=C(Nc1cc(-c2ccccc2)nn1-c1ccccc1)C(c1ccccc1)c1ccccc1. The van der Waals surface area contributed by atoms with Crippen molar-refractivity contribution in [2.24, 2.45) is 0 Å². The van der Waals surface area contributed by atoms with Gasteiger partial charge in [-0.25, -0.2) is 4.68 Å². The summed E-state index contributed by atoms with van der Waals surface area (Å²) in [4.78, 5) is 13.7. The van der Waals surface area contributed by atoms with Gasteiger partial charge in [-0.1, -0.05) is 109 Å². The summed E-state index contributed by atoms with van der Waals surface area (Å²) in [5.41, 5.74) is 4.55. The van der Waals surface area contributed by atoms with Crippen molar-refractivity contribution in [2.45, 2.75) is 5.92 Å². The van der Waals surface area contributed by atoms with E-state index in [2.05, 4.69) is 5.32 Å². The highest BCUT2D eigenvalue weighted by Crippen LogP contribution is 2.29. The first-order chi connectivity index (χ1) is 16.3. The van der Waals surface area contributed by atoms with Gasteiger partial charge >= 0.3 is 0 Å². The molecule has 1 heterocycles. The zero-order valence-corrected chi connectivity index (χ0v) is 18.0. The molecule has 5 aromatic rings. The Balaban J connectivity index is 1.56. The Bertz CT molecular complexity index is 1290. The zero-order chi connectivity index (χ0) is 22.5. The van der Waals surface area contributed by atoms with E-state index in [9.17, 15) is 4.79 Å². The topological polar surface area (TPSA) is 46.9 Å². The summed E-state index contributed by atoms with van der Waals surface area (Å²) in [7, 11) is 0. The molecule has 0 aliphatic rings. The molecule has 0 fully saturated rings. The summed E-state index contributed by atoms with van der Waals surface area (Å²) < 4.78 is 1.78. The molecule has 4 heteroatoms. The van der Waals surface area contributed by atoms with E-state index >= 15 is 0 Å². The lowest BCUT2D eigenvalue weighted by Gasteiger charge is -2.18. The summed E-state index contributed by atoms with van der Waals surface area (Å²) in [6.07, 6.45) is 0. The summed E-state index contributed by atoms with van der Waals surface area (Å²) >= 11 is 0. The average molecular weight is 430 g/mol. The molecule has 4 aromatic carbocycles. The van der Waals surface area contributed by atoms with Gasteiger partial charge in [0.15, 0.2) is 0 Å². The third kappa shape index (κ3) is 4.46. The molecule has 0 aliphatic heterocycles. The van der Waals surface area contributed by atoms with E-state index in [1.54, 1.807) is 4.68 Å². The predicted molar refractivity (Wildman–Crippen MR) is 132 cm³/mol. The molecule has 0 aliphatic carbocycles. The molecular formula is C29H23N3O. The Morgan fingerprint density at radius 1 is 0.667 bits per heavy atom. The number of hydrogen-bond donors (Lipinski definition) is 1. The molecule has 1 N–H and O–H groups in total. The second-order valence-electron chi connectivity index (χ2n) is 7.77. The molecule has 0 atom stereocenters. The first-order valence-electron chi connectivity index (χ1n) is 10.9. The lowest BCUT2D eigenvalue weighted by atomic mass is 9.90. The van der Waals surface area contributed by atoms with Gasteiger partial charge in [-0.05, 0) is 23.3 Å². The van der Waals surface area contributed by atoms with Crippen molar-refractivity contribution in [3.63, 3.8) is 0 Å². The van der Waals surface area contributed by atoms with Crippen LogP contribution in [0.2, 0.25) is 0 Å². The molecule has 0 saturated heterocycles. The minimum Gasteiger partial charge on any atom is -0.310 e. The number of nitrogens with zero attached hydrogens (tertiary/aromatic N) is 2. The summed E-state index contributed by atoms with van der Waals surface area (Å²) in [6, 6.07) is 41.4. The van der Waals surface area contributed by atoms with Crippen LogP contribution < -0.4 is 5.32 Å². The van der Waals surface area contributed by atoms with Crippen LogP contribution in [0.5, 0.6) is 0 Å². The maximum atomic E-state index is 13.7. The van der Waals surface area contributed by atoms with Crippen LogP contribution in [0, 0.1) is 0 Å². The molecule has 4 nitrogen and oxygen atoms in total. The van der Waals surface area contributed by atoms with Gasteiger partial charge < -0.3 is 5.32 Å². The molecule has 0 bridgehead atoms. The third-order valence-corrected chi connectivity index (χ3v) is 5.56. The maximum absolute atomic E-state index is 13.7. The Hall–Kier alpha value is -4.44. The van der Waals surface area contributed by atoms with Crippen molar-refractivity contribution in [1.82, 2.24) is 9.78 Å². The molecule has 0 saturated carbocycles.